The summed E-state index contributed by atoms with van der Waals surface area (Å²) >= 11 is 0. The highest BCUT2D eigenvalue weighted by Crippen LogP contribution is 2.41. The zero-order chi connectivity index (χ0) is 13.2. The molecule has 2 aliphatic heterocycles. The first kappa shape index (κ1) is 12.6. The van der Waals surface area contributed by atoms with Gasteiger partial charge in [0, 0.05) is 26.2 Å². The average molecular weight is 264 g/mol. The van der Waals surface area contributed by atoms with Gasteiger partial charge in [-0.1, -0.05) is 6.07 Å². The molecular formula is C14H20N2O3. The maximum Gasteiger partial charge on any atom is 0.185 e. The molecule has 0 aliphatic carbocycles. The van der Waals surface area contributed by atoms with E-state index in [-0.39, 0.29) is 6.10 Å². The van der Waals surface area contributed by atoms with Gasteiger partial charge in [0.15, 0.2) is 17.6 Å². The number of ether oxygens (including phenoxy) is 2. The number of piperazine rings is 1. The van der Waals surface area contributed by atoms with E-state index in [0.717, 1.165) is 43.4 Å². The smallest absolute Gasteiger partial charge is 0.185 e. The molecule has 1 aromatic carbocycles. The largest absolute Gasteiger partial charge is 0.486 e. The lowest BCUT2D eigenvalue weighted by molar-refractivity contribution is -0.000439. The second-order valence-corrected chi connectivity index (χ2v) is 5.05. The van der Waals surface area contributed by atoms with Crippen LogP contribution in [-0.2, 0) is 0 Å². The molecule has 0 aromatic heterocycles. The first-order valence-electron chi connectivity index (χ1n) is 6.82. The standard InChI is InChI=1S/C14H20N2O3/c1-10(17)13-9-18-12-4-2-3-11(14(12)19-13)16-7-5-15-6-8-16/h2-4,10,13,15,17H,5-9H2,1H3. The van der Waals surface area contributed by atoms with Crippen molar-refractivity contribution in [3.05, 3.63) is 18.2 Å². The fourth-order valence-corrected chi connectivity index (χ4v) is 2.49. The summed E-state index contributed by atoms with van der Waals surface area (Å²) in [5.41, 5.74) is 1.06. The fourth-order valence-electron chi connectivity index (χ4n) is 2.49. The molecule has 0 spiro atoms. The quantitative estimate of drug-likeness (QED) is 0.820. The van der Waals surface area contributed by atoms with Crippen LogP contribution in [0.3, 0.4) is 0 Å². The van der Waals surface area contributed by atoms with Crippen LogP contribution in [0.2, 0.25) is 0 Å². The summed E-state index contributed by atoms with van der Waals surface area (Å²) in [7, 11) is 0. The van der Waals surface area contributed by atoms with Crippen molar-refractivity contribution in [2.75, 3.05) is 37.7 Å². The van der Waals surface area contributed by atoms with E-state index in [0.29, 0.717) is 6.61 Å². The summed E-state index contributed by atoms with van der Waals surface area (Å²) in [5, 5.41) is 13.0. The Balaban J connectivity index is 1.89. The first-order valence-corrected chi connectivity index (χ1v) is 6.82. The molecule has 0 amide bonds. The minimum atomic E-state index is -0.538. The number of hydrogen-bond acceptors (Lipinski definition) is 5. The van der Waals surface area contributed by atoms with Crippen LogP contribution >= 0.6 is 0 Å². The van der Waals surface area contributed by atoms with Crippen molar-refractivity contribution in [3.63, 3.8) is 0 Å². The van der Waals surface area contributed by atoms with Gasteiger partial charge < -0.3 is 24.8 Å². The van der Waals surface area contributed by atoms with E-state index < -0.39 is 6.10 Å². The zero-order valence-corrected chi connectivity index (χ0v) is 11.1. The Kier molecular flexibility index (Phi) is 3.48. The third kappa shape index (κ3) is 2.48. The molecule has 2 atom stereocenters. The molecule has 2 unspecified atom stereocenters. The fraction of sp³-hybridized carbons (Fsp3) is 0.571. The Bertz CT molecular complexity index is 444. The highest BCUT2D eigenvalue weighted by Gasteiger charge is 2.28. The van der Waals surface area contributed by atoms with Crippen LogP contribution in [0.4, 0.5) is 5.69 Å². The summed E-state index contributed by atoms with van der Waals surface area (Å²) < 4.78 is 11.6. The van der Waals surface area contributed by atoms with E-state index >= 15 is 0 Å². The molecule has 1 saturated heterocycles. The van der Waals surface area contributed by atoms with E-state index in [1.54, 1.807) is 6.92 Å². The van der Waals surface area contributed by atoms with Gasteiger partial charge in [-0.3, -0.25) is 0 Å². The molecule has 104 valence electrons. The number of para-hydroxylation sites is 1. The SMILES string of the molecule is CC(O)C1COc2cccc(N3CCNCC3)c2O1. The number of fused-ring (bicyclic) bond motifs is 1. The van der Waals surface area contributed by atoms with Crippen molar-refractivity contribution in [1.29, 1.82) is 0 Å². The van der Waals surface area contributed by atoms with Crippen molar-refractivity contribution in [1.82, 2.24) is 5.32 Å². The van der Waals surface area contributed by atoms with Crippen molar-refractivity contribution in [3.8, 4) is 11.5 Å². The molecule has 19 heavy (non-hydrogen) atoms. The predicted molar refractivity (Wildman–Crippen MR) is 73.1 cm³/mol. The van der Waals surface area contributed by atoms with Gasteiger partial charge >= 0.3 is 0 Å². The van der Waals surface area contributed by atoms with E-state index in [4.69, 9.17) is 9.47 Å². The monoisotopic (exact) mass is 264 g/mol. The molecule has 2 aliphatic rings. The molecule has 0 saturated carbocycles. The van der Waals surface area contributed by atoms with Gasteiger partial charge in [0.25, 0.3) is 0 Å². The van der Waals surface area contributed by atoms with Gasteiger partial charge in [-0.25, -0.2) is 0 Å². The number of rotatable bonds is 2. The number of aliphatic hydroxyl groups is 1. The van der Waals surface area contributed by atoms with Gasteiger partial charge in [-0.15, -0.1) is 0 Å². The zero-order valence-electron chi connectivity index (χ0n) is 11.1. The van der Waals surface area contributed by atoms with Crippen molar-refractivity contribution in [2.24, 2.45) is 0 Å². The molecule has 1 aromatic rings. The highest BCUT2D eigenvalue weighted by atomic mass is 16.6. The van der Waals surface area contributed by atoms with Crippen LogP contribution in [0.25, 0.3) is 0 Å². The van der Waals surface area contributed by atoms with Crippen LogP contribution in [0.15, 0.2) is 18.2 Å². The maximum atomic E-state index is 9.68. The molecule has 5 nitrogen and oxygen atoms in total. The second-order valence-electron chi connectivity index (χ2n) is 5.05. The molecule has 0 bridgehead atoms. The summed E-state index contributed by atoms with van der Waals surface area (Å²) in [6, 6.07) is 5.96. The number of anilines is 1. The van der Waals surface area contributed by atoms with Crippen LogP contribution < -0.4 is 19.7 Å². The van der Waals surface area contributed by atoms with Crippen LogP contribution in [0.5, 0.6) is 11.5 Å². The van der Waals surface area contributed by atoms with Crippen molar-refractivity contribution >= 4 is 5.69 Å². The molecule has 3 rings (SSSR count). The van der Waals surface area contributed by atoms with Crippen molar-refractivity contribution < 1.29 is 14.6 Å². The summed E-state index contributed by atoms with van der Waals surface area (Å²) in [4.78, 5) is 2.29. The number of aliphatic hydroxyl groups excluding tert-OH is 1. The Hall–Kier alpha value is -1.46. The highest BCUT2D eigenvalue weighted by molar-refractivity contribution is 5.65. The average Bonchev–Trinajstić information content (AvgIpc) is 2.47. The minimum absolute atomic E-state index is 0.295. The second kappa shape index (κ2) is 5.27. The molecule has 0 radical (unpaired) electrons. The Labute approximate surface area is 113 Å². The summed E-state index contributed by atoms with van der Waals surface area (Å²) in [6.07, 6.45) is -0.833. The third-order valence-electron chi connectivity index (χ3n) is 3.63. The van der Waals surface area contributed by atoms with E-state index in [1.807, 2.05) is 12.1 Å². The van der Waals surface area contributed by atoms with E-state index in [2.05, 4.69) is 16.3 Å². The normalized spacial score (nSPS) is 24.1. The van der Waals surface area contributed by atoms with Gasteiger partial charge in [-0.2, -0.15) is 0 Å². The minimum Gasteiger partial charge on any atom is -0.486 e. The van der Waals surface area contributed by atoms with E-state index in [1.165, 1.54) is 0 Å². The summed E-state index contributed by atoms with van der Waals surface area (Å²) in [6.45, 7) is 6.00. The Morgan fingerprint density at radius 1 is 1.37 bits per heavy atom. The lowest BCUT2D eigenvalue weighted by Gasteiger charge is -2.35. The Morgan fingerprint density at radius 3 is 2.89 bits per heavy atom. The molecule has 2 heterocycles. The van der Waals surface area contributed by atoms with Crippen LogP contribution in [0, 0.1) is 0 Å². The third-order valence-corrected chi connectivity index (χ3v) is 3.63. The topological polar surface area (TPSA) is 54.0 Å². The molecule has 1 fully saturated rings. The summed E-state index contributed by atoms with van der Waals surface area (Å²) in [5.74, 6) is 1.54. The molecule has 2 N–H and O–H groups in total. The Morgan fingerprint density at radius 2 is 2.16 bits per heavy atom. The number of benzene rings is 1. The van der Waals surface area contributed by atoms with Gasteiger partial charge in [0.2, 0.25) is 0 Å². The molecule has 5 heteroatoms. The number of nitrogens with zero attached hydrogens (tertiary/aromatic N) is 1. The lowest BCUT2D eigenvalue weighted by atomic mass is 10.1. The van der Waals surface area contributed by atoms with Crippen molar-refractivity contribution in [2.45, 2.75) is 19.1 Å². The first-order chi connectivity index (χ1) is 9.25. The predicted octanol–water partition coefficient (Wildman–Crippen LogP) is 0.617. The molecular weight excluding hydrogens is 244 g/mol. The van der Waals surface area contributed by atoms with Gasteiger partial charge in [0.1, 0.15) is 6.61 Å². The van der Waals surface area contributed by atoms with Crippen LogP contribution in [-0.4, -0.2) is 50.1 Å². The van der Waals surface area contributed by atoms with Crippen LogP contribution in [0.1, 0.15) is 6.92 Å². The maximum absolute atomic E-state index is 9.68. The number of nitrogens with one attached hydrogen (secondary N) is 1. The number of hydrogen-bond donors (Lipinski definition) is 2. The van der Waals surface area contributed by atoms with Gasteiger partial charge in [-0.05, 0) is 19.1 Å². The lowest BCUT2D eigenvalue weighted by Crippen LogP contribution is -2.44. The van der Waals surface area contributed by atoms with Gasteiger partial charge in [0.05, 0.1) is 11.8 Å². The van der Waals surface area contributed by atoms with E-state index in [9.17, 15) is 5.11 Å².